The molecule has 2 unspecified atom stereocenters. The Bertz CT molecular complexity index is 781. The van der Waals surface area contributed by atoms with Gasteiger partial charge in [0.05, 0.1) is 5.56 Å². The van der Waals surface area contributed by atoms with Crippen LogP contribution in [-0.2, 0) is 10.6 Å². The second-order valence-corrected chi connectivity index (χ2v) is 5.82. The Morgan fingerprint density at radius 1 is 1.26 bits per heavy atom. The molecule has 2 radical (unpaired) electrons. The molecule has 23 heavy (non-hydrogen) atoms. The van der Waals surface area contributed by atoms with Gasteiger partial charge in [-0.1, -0.05) is 47.9 Å². The number of nitrogens with zero attached hydrogens (tertiary/aromatic N) is 2. The molecule has 5 nitrogen and oxygen atoms in total. The zero-order valence-electron chi connectivity index (χ0n) is 12.8. The molecule has 0 saturated carbocycles. The third-order valence-electron chi connectivity index (χ3n) is 4.23. The van der Waals surface area contributed by atoms with Crippen molar-refractivity contribution < 1.29 is 9.57 Å². The van der Waals surface area contributed by atoms with Crippen molar-refractivity contribution in [3.05, 3.63) is 59.7 Å². The van der Waals surface area contributed by atoms with Crippen molar-refractivity contribution in [1.29, 1.82) is 0 Å². The lowest BCUT2D eigenvalue weighted by molar-refractivity contribution is -0.191. The standard InChI is InChI=1S/C17H16BN3O2/c1-21-16(19)20-17(23-21)10-15(11-5-3-2-4-6-11)22-14-8-7-12(18)9-13(14)17/h2-9,15H,10H2,1H3,(H2,19,20). The predicted molar refractivity (Wildman–Crippen MR) is 88.4 cm³/mol. The number of fused-ring (bicyclic) bond motifs is 2. The van der Waals surface area contributed by atoms with E-state index in [2.05, 4.69) is 4.99 Å². The van der Waals surface area contributed by atoms with Crippen LogP contribution in [-0.4, -0.2) is 25.9 Å². The molecule has 0 fully saturated rings. The Morgan fingerprint density at radius 2 is 2.04 bits per heavy atom. The van der Waals surface area contributed by atoms with E-state index in [0.29, 0.717) is 23.6 Å². The molecule has 1 spiro atoms. The molecule has 2 aliphatic heterocycles. The quantitative estimate of drug-likeness (QED) is 0.808. The highest BCUT2D eigenvalue weighted by molar-refractivity contribution is 6.32. The molecular formula is C17H16BN3O2. The van der Waals surface area contributed by atoms with Gasteiger partial charge in [0.25, 0.3) is 0 Å². The van der Waals surface area contributed by atoms with E-state index >= 15 is 0 Å². The highest BCUT2D eigenvalue weighted by Crippen LogP contribution is 2.49. The van der Waals surface area contributed by atoms with Gasteiger partial charge in [-0.15, -0.1) is 0 Å². The molecule has 2 aliphatic rings. The number of hydrogen-bond acceptors (Lipinski definition) is 5. The fourth-order valence-corrected chi connectivity index (χ4v) is 3.11. The van der Waals surface area contributed by atoms with E-state index in [-0.39, 0.29) is 6.10 Å². The first-order valence-corrected chi connectivity index (χ1v) is 7.47. The highest BCUT2D eigenvalue weighted by Gasteiger charge is 2.48. The Kier molecular flexibility index (Phi) is 3.09. The van der Waals surface area contributed by atoms with Gasteiger partial charge in [-0.25, -0.2) is 14.9 Å². The van der Waals surface area contributed by atoms with Gasteiger partial charge in [0.15, 0.2) is 0 Å². The van der Waals surface area contributed by atoms with Crippen LogP contribution in [0.15, 0.2) is 53.5 Å². The summed E-state index contributed by atoms with van der Waals surface area (Å²) in [5, 5.41) is 1.49. The zero-order chi connectivity index (χ0) is 16.0. The maximum absolute atomic E-state index is 6.17. The van der Waals surface area contributed by atoms with Crippen LogP contribution in [0.3, 0.4) is 0 Å². The molecule has 0 aliphatic carbocycles. The fraction of sp³-hybridized carbons (Fsp3) is 0.235. The summed E-state index contributed by atoms with van der Waals surface area (Å²) in [6.07, 6.45) is 0.355. The number of guanidine groups is 1. The molecule has 6 heteroatoms. The van der Waals surface area contributed by atoms with Crippen LogP contribution < -0.4 is 15.9 Å². The van der Waals surface area contributed by atoms with E-state index < -0.39 is 5.72 Å². The van der Waals surface area contributed by atoms with Crippen molar-refractivity contribution >= 4 is 19.3 Å². The molecule has 2 atom stereocenters. The molecule has 0 saturated heterocycles. The highest BCUT2D eigenvalue weighted by atomic mass is 16.7. The topological polar surface area (TPSA) is 60.1 Å². The lowest BCUT2D eigenvalue weighted by Crippen LogP contribution is -2.37. The van der Waals surface area contributed by atoms with E-state index in [1.165, 1.54) is 5.06 Å². The lowest BCUT2D eigenvalue weighted by Gasteiger charge is -2.37. The molecule has 2 aromatic rings. The minimum Gasteiger partial charge on any atom is -0.485 e. The molecule has 0 bridgehead atoms. The Morgan fingerprint density at radius 3 is 2.74 bits per heavy atom. The molecule has 2 N–H and O–H groups in total. The van der Waals surface area contributed by atoms with Crippen LogP contribution in [0, 0.1) is 0 Å². The van der Waals surface area contributed by atoms with Gasteiger partial charge in [0, 0.05) is 13.5 Å². The van der Waals surface area contributed by atoms with Gasteiger partial charge in [0.1, 0.15) is 19.7 Å². The molecule has 2 heterocycles. The summed E-state index contributed by atoms with van der Waals surface area (Å²) in [5.41, 5.74) is 7.55. The number of hydroxylamine groups is 2. The van der Waals surface area contributed by atoms with E-state index in [4.69, 9.17) is 23.2 Å². The normalized spacial score (nSPS) is 25.9. The fourth-order valence-electron chi connectivity index (χ4n) is 3.11. The van der Waals surface area contributed by atoms with Gasteiger partial charge in [0.2, 0.25) is 11.7 Å². The monoisotopic (exact) mass is 305 g/mol. The second kappa shape index (κ2) is 5.03. The second-order valence-electron chi connectivity index (χ2n) is 5.82. The van der Waals surface area contributed by atoms with Gasteiger partial charge < -0.3 is 10.5 Å². The summed E-state index contributed by atoms with van der Waals surface area (Å²) in [6, 6.07) is 15.5. The predicted octanol–water partition coefficient (Wildman–Crippen LogP) is 1.35. The number of aliphatic imine (C=N–C) groups is 1. The lowest BCUT2D eigenvalue weighted by atomic mass is 9.85. The van der Waals surface area contributed by atoms with E-state index in [9.17, 15) is 0 Å². The maximum atomic E-state index is 6.17. The van der Waals surface area contributed by atoms with Crippen LogP contribution in [0.5, 0.6) is 5.75 Å². The molecule has 4 rings (SSSR count). The Labute approximate surface area is 136 Å². The largest absolute Gasteiger partial charge is 0.485 e. The summed E-state index contributed by atoms with van der Waals surface area (Å²) >= 11 is 0. The molecule has 114 valence electrons. The summed E-state index contributed by atoms with van der Waals surface area (Å²) in [4.78, 5) is 10.6. The molecular weight excluding hydrogens is 289 g/mol. The smallest absolute Gasteiger partial charge is 0.222 e. The number of ether oxygens (including phenoxy) is 1. The van der Waals surface area contributed by atoms with Crippen molar-refractivity contribution in [3.8, 4) is 5.75 Å². The SMILES string of the molecule is [B]c1ccc2c(c1)C1(CC(c3ccccc3)O2)N=C(N)N(C)O1. The number of nitrogens with two attached hydrogens (primary N) is 1. The summed E-state index contributed by atoms with van der Waals surface area (Å²) in [7, 11) is 7.69. The summed E-state index contributed by atoms with van der Waals surface area (Å²) in [6.45, 7) is 0. The van der Waals surface area contributed by atoms with Crippen molar-refractivity contribution in [2.24, 2.45) is 10.7 Å². The van der Waals surface area contributed by atoms with Crippen molar-refractivity contribution in [2.45, 2.75) is 18.2 Å². The van der Waals surface area contributed by atoms with E-state index in [1.807, 2.05) is 48.5 Å². The van der Waals surface area contributed by atoms with Gasteiger partial charge in [-0.05, 0) is 11.6 Å². The zero-order valence-corrected chi connectivity index (χ0v) is 12.8. The van der Waals surface area contributed by atoms with E-state index in [1.54, 1.807) is 7.05 Å². The average molecular weight is 305 g/mol. The average Bonchev–Trinajstić information content (AvgIpc) is 2.83. The maximum Gasteiger partial charge on any atom is 0.222 e. The Hall–Kier alpha value is -2.47. The van der Waals surface area contributed by atoms with Gasteiger partial charge >= 0.3 is 0 Å². The van der Waals surface area contributed by atoms with Crippen LogP contribution in [0.4, 0.5) is 0 Å². The van der Waals surface area contributed by atoms with Crippen molar-refractivity contribution in [1.82, 2.24) is 5.06 Å². The van der Waals surface area contributed by atoms with Crippen LogP contribution in [0.2, 0.25) is 0 Å². The molecule has 0 aromatic heterocycles. The third-order valence-corrected chi connectivity index (χ3v) is 4.23. The summed E-state index contributed by atoms with van der Waals surface area (Å²) < 4.78 is 6.17. The minimum absolute atomic E-state index is 0.171. The van der Waals surface area contributed by atoms with Crippen molar-refractivity contribution in [2.75, 3.05) is 7.05 Å². The number of hydrogen-bond donors (Lipinski definition) is 1. The Balaban J connectivity index is 1.84. The van der Waals surface area contributed by atoms with Crippen LogP contribution >= 0.6 is 0 Å². The number of benzene rings is 2. The first-order valence-electron chi connectivity index (χ1n) is 7.47. The summed E-state index contributed by atoms with van der Waals surface area (Å²) in [5.74, 6) is 1.05. The third kappa shape index (κ3) is 2.26. The minimum atomic E-state index is -0.900. The van der Waals surface area contributed by atoms with Crippen LogP contribution in [0.1, 0.15) is 23.7 Å². The first-order chi connectivity index (χ1) is 11.1. The van der Waals surface area contributed by atoms with Gasteiger partial charge in [-0.2, -0.15) is 0 Å². The van der Waals surface area contributed by atoms with Crippen molar-refractivity contribution in [3.63, 3.8) is 0 Å². The first kappa shape index (κ1) is 14.1. The van der Waals surface area contributed by atoms with E-state index in [0.717, 1.165) is 11.1 Å². The number of rotatable bonds is 1. The molecule has 0 amide bonds. The van der Waals surface area contributed by atoms with Crippen LogP contribution in [0.25, 0.3) is 0 Å². The molecule has 2 aromatic carbocycles. The van der Waals surface area contributed by atoms with Gasteiger partial charge in [-0.3, -0.25) is 0 Å².